The molecule has 21 heavy (non-hydrogen) atoms. The number of nitro groups is 1. The molecule has 0 radical (unpaired) electrons. The summed E-state index contributed by atoms with van der Waals surface area (Å²) in [6.07, 6.45) is 3.23. The Hall–Kier alpha value is -3.09. The molecule has 1 aromatic heterocycles. The van der Waals surface area contributed by atoms with E-state index in [0.29, 0.717) is 5.71 Å². The smallest absolute Gasteiger partial charge is 0.267 e. The van der Waals surface area contributed by atoms with Crippen LogP contribution in [0.15, 0.2) is 53.9 Å². The van der Waals surface area contributed by atoms with Crippen LogP contribution in [0.1, 0.15) is 22.8 Å². The van der Waals surface area contributed by atoms with Crippen LogP contribution in [-0.4, -0.2) is 21.5 Å². The highest BCUT2D eigenvalue weighted by atomic mass is 16.6. The van der Waals surface area contributed by atoms with Crippen molar-refractivity contribution >= 4 is 17.3 Å². The van der Waals surface area contributed by atoms with Crippen molar-refractivity contribution in [3.05, 3.63) is 70.0 Å². The molecule has 1 N–H and O–H groups in total. The first-order chi connectivity index (χ1) is 10.1. The van der Waals surface area contributed by atoms with E-state index in [-0.39, 0.29) is 11.3 Å². The van der Waals surface area contributed by atoms with Gasteiger partial charge < -0.3 is 0 Å². The lowest BCUT2D eigenvalue weighted by Crippen LogP contribution is -2.20. The van der Waals surface area contributed by atoms with Crippen molar-refractivity contribution in [2.45, 2.75) is 6.92 Å². The standard InChI is InChI=1S/C14H12N4O3/c1-10(11-5-4-8-15-9-11)16-17-14(19)12-6-2-3-7-13(12)18(20)21/h2-9H,1H3,(H,17,19). The molecule has 1 amide bonds. The van der Waals surface area contributed by atoms with Crippen molar-refractivity contribution in [3.63, 3.8) is 0 Å². The van der Waals surface area contributed by atoms with Crippen LogP contribution in [-0.2, 0) is 0 Å². The van der Waals surface area contributed by atoms with Gasteiger partial charge in [-0.3, -0.25) is 19.9 Å². The Morgan fingerprint density at radius 3 is 2.71 bits per heavy atom. The summed E-state index contributed by atoms with van der Waals surface area (Å²) in [6.45, 7) is 1.71. The lowest BCUT2D eigenvalue weighted by atomic mass is 10.2. The molecule has 0 unspecified atom stereocenters. The van der Waals surface area contributed by atoms with Gasteiger partial charge in [-0.2, -0.15) is 5.10 Å². The van der Waals surface area contributed by atoms with Crippen molar-refractivity contribution < 1.29 is 9.72 Å². The molecule has 0 aliphatic carbocycles. The van der Waals surface area contributed by atoms with Gasteiger partial charge in [-0.05, 0) is 19.1 Å². The third-order valence-electron chi connectivity index (χ3n) is 2.75. The molecule has 1 aromatic carbocycles. The minimum absolute atomic E-state index is 0.0368. The third kappa shape index (κ3) is 3.47. The Morgan fingerprint density at radius 2 is 2.05 bits per heavy atom. The number of nitrogens with zero attached hydrogens (tertiary/aromatic N) is 3. The van der Waals surface area contributed by atoms with Crippen LogP contribution in [0.3, 0.4) is 0 Å². The van der Waals surface area contributed by atoms with Crippen molar-refractivity contribution in [2.24, 2.45) is 5.10 Å². The number of aromatic nitrogens is 1. The van der Waals surface area contributed by atoms with E-state index < -0.39 is 10.8 Å². The summed E-state index contributed by atoms with van der Waals surface area (Å²) in [5, 5.41) is 14.8. The molecule has 106 valence electrons. The molecule has 7 nitrogen and oxygen atoms in total. The average Bonchev–Trinajstić information content (AvgIpc) is 2.53. The van der Waals surface area contributed by atoms with Gasteiger partial charge in [0.1, 0.15) is 5.56 Å². The summed E-state index contributed by atoms with van der Waals surface area (Å²) >= 11 is 0. The Labute approximate surface area is 120 Å². The van der Waals surface area contributed by atoms with E-state index in [4.69, 9.17) is 0 Å². The molecular weight excluding hydrogens is 272 g/mol. The molecule has 0 atom stereocenters. The number of nitro benzene ring substituents is 1. The van der Waals surface area contributed by atoms with Crippen molar-refractivity contribution in [2.75, 3.05) is 0 Å². The number of amides is 1. The summed E-state index contributed by atoms with van der Waals surface area (Å²) in [7, 11) is 0. The van der Waals surface area contributed by atoms with Gasteiger partial charge >= 0.3 is 0 Å². The van der Waals surface area contributed by atoms with Gasteiger partial charge in [0, 0.05) is 24.0 Å². The predicted octanol–water partition coefficient (Wildman–Crippen LogP) is 2.14. The van der Waals surface area contributed by atoms with Crippen molar-refractivity contribution in [3.8, 4) is 0 Å². The van der Waals surface area contributed by atoms with E-state index in [1.54, 1.807) is 37.5 Å². The second-order valence-electron chi connectivity index (χ2n) is 4.15. The topological polar surface area (TPSA) is 97.5 Å². The van der Waals surface area contributed by atoms with Gasteiger partial charge in [0.15, 0.2) is 0 Å². The van der Waals surface area contributed by atoms with Crippen LogP contribution in [0.25, 0.3) is 0 Å². The Balaban J connectivity index is 2.18. The number of carbonyl (C=O) groups excluding carboxylic acids is 1. The zero-order valence-corrected chi connectivity index (χ0v) is 11.2. The van der Waals surface area contributed by atoms with E-state index in [2.05, 4.69) is 15.5 Å². The minimum atomic E-state index is -0.634. The monoisotopic (exact) mass is 284 g/mol. The highest BCUT2D eigenvalue weighted by molar-refractivity contribution is 6.01. The maximum atomic E-state index is 12.0. The quantitative estimate of drug-likeness (QED) is 0.528. The minimum Gasteiger partial charge on any atom is -0.267 e. The zero-order valence-electron chi connectivity index (χ0n) is 11.2. The summed E-state index contributed by atoms with van der Waals surface area (Å²) < 4.78 is 0. The van der Waals surface area contributed by atoms with E-state index in [1.807, 2.05) is 0 Å². The first-order valence-corrected chi connectivity index (χ1v) is 6.08. The maximum absolute atomic E-state index is 12.0. The second-order valence-corrected chi connectivity index (χ2v) is 4.15. The molecular formula is C14H12N4O3. The number of nitrogens with one attached hydrogen (secondary N) is 1. The van der Waals surface area contributed by atoms with Crippen LogP contribution in [0, 0.1) is 10.1 Å². The van der Waals surface area contributed by atoms with Gasteiger partial charge in [-0.15, -0.1) is 0 Å². The summed E-state index contributed by atoms with van der Waals surface area (Å²) in [5.74, 6) is -0.634. The molecule has 2 aromatic rings. The lowest BCUT2D eigenvalue weighted by Gasteiger charge is -2.03. The maximum Gasteiger partial charge on any atom is 0.282 e. The summed E-state index contributed by atoms with van der Waals surface area (Å²) in [5.41, 5.74) is 3.31. The largest absolute Gasteiger partial charge is 0.282 e. The van der Waals surface area contributed by atoms with Gasteiger partial charge in [0.05, 0.1) is 10.6 Å². The van der Waals surface area contributed by atoms with Crippen LogP contribution in [0.2, 0.25) is 0 Å². The Bertz CT molecular complexity index is 698. The van der Waals surface area contributed by atoms with Crippen molar-refractivity contribution in [1.29, 1.82) is 0 Å². The first-order valence-electron chi connectivity index (χ1n) is 6.08. The molecule has 0 saturated heterocycles. The molecule has 2 rings (SSSR count). The van der Waals surface area contributed by atoms with E-state index in [9.17, 15) is 14.9 Å². The lowest BCUT2D eigenvalue weighted by molar-refractivity contribution is -0.385. The normalized spacial score (nSPS) is 11.0. The van der Waals surface area contributed by atoms with Crippen LogP contribution < -0.4 is 5.43 Å². The second kappa shape index (κ2) is 6.38. The molecule has 0 saturated carbocycles. The first kappa shape index (κ1) is 14.3. The molecule has 0 bridgehead atoms. The zero-order chi connectivity index (χ0) is 15.2. The molecule has 0 fully saturated rings. The highest BCUT2D eigenvalue weighted by Gasteiger charge is 2.18. The van der Waals surface area contributed by atoms with E-state index >= 15 is 0 Å². The van der Waals surface area contributed by atoms with Gasteiger partial charge in [-0.25, -0.2) is 5.43 Å². The molecule has 0 aliphatic rings. The number of benzene rings is 1. The fourth-order valence-corrected chi connectivity index (χ4v) is 1.66. The summed E-state index contributed by atoms with van der Waals surface area (Å²) in [4.78, 5) is 26.2. The van der Waals surface area contributed by atoms with Crippen LogP contribution in [0.5, 0.6) is 0 Å². The van der Waals surface area contributed by atoms with Crippen molar-refractivity contribution in [1.82, 2.24) is 10.4 Å². The van der Waals surface area contributed by atoms with Gasteiger partial charge in [0.25, 0.3) is 11.6 Å². The molecule has 7 heteroatoms. The highest BCUT2D eigenvalue weighted by Crippen LogP contribution is 2.17. The Kier molecular flexibility index (Phi) is 4.35. The number of carbonyl (C=O) groups is 1. The molecule has 1 heterocycles. The van der Waals surface area contributed by atoms with E-state index in [1.165, 1.54) is 18.2 Å². The number of para-hydroxylation sites is 1. The molecule has 0 aliphatic heterocycles. The molecule has 0 spiro atoms. The van der Waals surface area contributed by atoms with Gasteiger partial charge in [0.2, 0.25) is 0 Å². The SMILES string of the molecule is CC(=NNC(=O)c1ccccc1[N+](=O)[O-])c1cccnc1. The van der Waals surface area contributed by atoms with Crippen LogP contribution in [0.4, 0.5) is 5.69 Å². The number of hydrogen-bond acceptors (Lipinski definition) is 5. The van der Waals surface area contributed by atoms with E-state index in [0.717, 1.165) is 5.56 Å². The number of hydrogen-bond donors (Lipinski definition) is 1. The number of pyridine rings is 1. The summed E-state index contributed by atoms with van der Waals surface area (Å²) in [6, 6.07) is 9.24. The fraction of sp³-hybridized carbons (Fsp3) is 0.0714. The fourth-order valence-electron chi connectivity index (χ4n) is 1.66. The number of hydrazone groups is 1. The third-order valence-corrected chi connectivity index (χ3v) is 2.75. The van der Waals surface area contributed by atoms with Crippen LogP contribution >= 0.6 is 0 Å². The Morgan fingerprint density at radius 1 is 1.29 bits per heavy atom. The predicted molar refractivity (Wildman–Crippen MR) is 77.0 cm³/mol. The van der Waals surface area contributed by atoms with Gasteiger partial charge in [-0.1, -0.05) is 18.2 Å². The average molecular weight is 284 g/mol. The number of rotatable bonds is 4.